The van der Waals surface area contributed by atoms with Crippen LogP contribution in [-0.4, -0.2) is 27.1 Å². The number of nitrogens with zero attached hydrogens (tertiary/aromatic N) is 1. The monoisotopic (exact) mass is 339 g/mol. The first kappa shape index (κ1) is 15.1. The largest absolute Gasteiger partial charge is 0.455 e. The van der Waals surface area contributed by atoms with Crippen molar-refractivity contribution in [1.82, 2.24) is 0 Å². The Bertz CT molecular complexity index is 841. The zero-order valence-corrected chi connectivity index (χ0v) is 13.4. The summed E-state index contributed by atoms with van der Waals surface area (Å²) in [6, 6.07) is 8.48. The fourth-order valence-electron chi connectivity index (χ4n) is 2.53. The molecule has 0 aliphatic carbocycles. The second-order valence-electron chi connectivity index (χ2n) is 5.32. The topological polar surface area (TPSA) is 67.6 Å². The predicted molar refractivity (Wildman–Crippen MR) is 84.1 cm³/mol. The lowest BCUT2D eigenvalue weighted by atomic mass is 10.2. The van der Waals surface area contributed by atoms with Crippen LogP contribution in [0.5, 0.6) is 0 Å². The Balaban J connectivity index is 1.86. The molecule has 0 unspecified atom stereocenters. The molecule has 7 heteroatoms. The molecule has 1 aliphatic rings. The minimum atomic E-state index is -3.20. The van der Waals surface area contributed by atoms with Gasteiger partial charge < -0.3 is 9.32 Å². The molecule has 5 nitrogen and oxygen atoms in total. The third-order valence-corrected chi connectivity index (χ3v) is 4.51. The number of carbonyl (C=O) groups is 1. The number of rotatable bonds is 3. The van der Waals surface area contributed by atoms with Gasteiger partial charge in [-0.25, -0.2) is 8.42 Å². The average Bonchev–Trinajstić information content (AvgIpc) is 3.02. The second-order valence-corrected chi connectivity index (χ2v) is 7.89. The number of benzene rings is 1. The van der Waals surface area contributed by atoms with Crippen molar-refractivity contribution in [2.45, 2.75) is 12.2 Å². The molecule has 0 bridgehead atoms. The van der Waals surface area contributed by atoms with Crippen LogP contribution < -0.4 is 4.90 Å². The van der Waals surface area contributed by atoms with Crippen molar-refractivity contribution in [3.8, 4) is 0 Å². The van der Waals surface area contributed by atoms with Gasteiger partial charge in [-0.15, -0.1) is 0 Å². The lowest BCUT2D eigenvalue weighted by Gasteiger charge is -2.15. The maximum absolute atomic E-state index is 12.5. The molecule has 22 heavy (non-hydrogen) atoms. The summed E-state index contributed by atoms with van der Waals surface area (Å²) in [6.07, 6.45) is 1.88. The Morgan fingerprint density at radius 1 is 1.32 bits per heavy atom. The number of amides is 1. The molecule has 0 N–H and O–H groups in total. The van der Waals surface area contributed by atoms with Crippen LogP contribution in [0, 0.1) is 0 Å². The lowest BCUT2D eigenvalue weighted by molar-refractivity contribution is 0.0961. The van der Waals surface area contributed by atoms with Gasteiger partial charge >= 0.3 is 0 Å². The molecule has 1 aliphatic heterocycles. The highest BCUT2D eigenvalue weighted by Crippen LogP contribution is 2.32. The highest BCUT2D eigenvalue weighted by Gasteiger charge is 2.27. The highest BCUT2D eigenvalue weighted by atomic mass is 35.5. The van der Waals surface area contributed by atoms with Crippen LogP contribution in [0.2, 0.25) is 5.02 Å². The van der Waals surface area contributed by atoms with Crippen LogP contribution in [-0.2, 0) is 22.0 Å². The molecule has 0 saturated carbocycles. The zero-order valence-electron chi connectivity index (χ0n) is 11.9. The summed E-state index contributed by atoms with van der Waals surface area (Å²) in [4.78, 5) is 14.1. The molecule has 0 atom stereocenters. The van der Waals surface area contributed by atoms with E-state index in [4.69, 9.17) is 16.0 Å². The lowest BCUT2D eigenvalue weighted by Crippen LogP contribution is -2.28. The van der Waals surface area contributed by atoms with Gasteiger partial charge in [-0.2, -0.15) is 0 Å². The van der Waals surface area contributed by atoms with E-state index < -0.39 is 9.84 Å². The summed E-state index contributed by atoms with van der Waals surface area (Å²) in [7, 11) is -3.20. The first-order valence-corrected chi connectivity index (χ1v) is 9.14. The zero-order chi connectivity index (χ0) is 15.9. The van der Waals surface area contributed by atoms with Gasteiger partial charge in [0.05, 0.1) is 0 Å². The summed E-state index contributed by atoms with van der Waals surface area (Å²) in [6.45, 7) is 0.552. The van der Waals surface area contributed by atoms with Crippen molar-refractivity contribution in [1.29, 1.82) is 0 Å². The number of carbonyl (C=O) groups excluding carboxylic acids is 1. The van der Waals surface area contributed by atoms with E-state index >= 15 is 0 Å². The van der Waals surface area contributed by atoms with E-state index in [9.17, 15) is 13.2 Å². The van der Waals surface area contributed by atoms with E-state index in [1.54, 1.807) is 17.0 Å². The van der Waals surface area contributed by atoms with Crippen LogP contribution in [0.1, 0.15) is 21.9 Å². The van der Waals surface area contributed by atoms with Crippen LogP contribution in [0.15, 0.2) is 34.7 Å². The van der Waals surface area contributed by atoms with Crippen molar-refractivity contribution in [3.05, 3.63) is 52.4 Å². The van der Waals surface area contributed by atoms with Crippen molar-refractivity contribution in [2.75, 3.05) is 17.7 Å². The summed E-state index contributed by atoms with van der Waals surface area (Å²) >= 11 is 5.99. The van der Waals surface area contributed by atoms with Crippen molar-refractivity contribution >= 4 is 33.0 Å². The van der Waals surface area contributed by atoms with Gasteiger partial charge in [0.25, 0.3) is 5.91 Å². The van der Waals surface area contributed by atoms with Crippen molar-refractivity contribution < 1.29 is 17.6 Å². The minimum Gasteiger partial charge on any atom is -0.455 e. The molecule has 0 radical (unpaired) electrons. The average molecular weight is 340 g/mol. The number of hydrogen-bond acceptors (Lipinski definition) is 4. The molecule has 1 amide bonds. The summed E-state index contributed by atoms with van der Waals surface area (Å²) < 4.78 is 27.9. The smallest absolute Gasteiger partial charge is 0.293 e. The van der Waals surface area contributed by atoms with Crippen LogP contribution >= 0.6 is 11.6 Å². The molecular formula is C15H14ClNO4S. The molecule has 116 valence electrons. The standard InChI is InChI=1S/C15H14ClNO4S/c1-22(19,20)9-12-4-5-14(21-12)15(18)17-7-6-10-2-3-11(16)8-13(10)17/h2-5,8H,6-7,9H2,1H3. The molecule has 2 aromatic rings. The molecule has 3 rings (SSSR count). The van der Waals surface area contributed by atoms with Gasteiger partial charge in [0, 0.05) is 23.5 Å². The molecule has 2 heterocycles. The van der Waals surface area contributed by atoms with Gasteiger partial charge in [-0.3, -0.25) is 4.79 Å². The van der Waals surface area contributed by atoms with E-state index in [0.29, 0.717) is 11.6 Å². The third kappa shape index (κ3) is 3.03. The summed E-state index contributed by atoms with van der Waals surface area (Å²) in [5.74, 6) is -0.119. The first-order chi connectivity index (χ1) is 10.3. The molecule has 1 aromatic heterocycles. The highest BCUT2D eigenvalue weighted by molar-refractivity contribution is 7.89. The number of furan rings is 1. The number of fused-ring (bicyclic) bond motifs is 1. The van der Waals surface area contributed by atoms with E-state index in [0.717, 1.165) is 23.9 Å². The fraction of sp³-hybridized carbons (Fsp3) is 0.267. The second kappa shape index (κ2) is 5.44. The Hall–Kier alpha value is -1.79. The predicted octanol–water partition coefficient (Wildman–Crippen LogP) is 2.68. The maximum atomic E-state index is 12.5. The van der Waals surface area contributed by atoms with Gasteiger partial charge in [-0.1, -0.05) is 17.7 Å². The van der Waals surface area contributed by atoms with Crippen molar-refractivity contribution in [2.24, 2.45) is 0 Å². The first-order valence-electron chi connectivity index (χ1n) is 6.70. The molecule has 0 saturated heterocycles. The van der Waals surface area contributed by atoms with E-state index in [-0.39, 0.29) is 23.2 Å². The molecule has 1 aromatic carbocycles. The SMILES string of the molecule is CS(=O)(=O)Cc1ccc(C(=O)N2CCc3ccc(Cl)cc32)o1. The quantitative estimate of drug-likeness (QED) is 0.862. The Morgan fingerprint density at radius 3 is 2.82 bits per heavy atom. The van der Waals surface area contributed by atoms with Gasteiger partial charge in [0.15, 0.2) is 15.6 Å². The summed E-state index contributed by atoms with van der Waals surface area (Å²) in [5.41, 5.74) is 1.83. The number of anilines is 1. The van der Waals surface area contributed by atoms with E-state index in [1.807, 2.05) is 6.07 Å². The maximum Gasteiger partial charge on any atom is 0.293 e. The Labute approximate surface area is 133 Å². The van der Waals surface area contributed by atoms with E-state index in [1.165, 1.54) is 12.1 Å². The van der Waals surface area contributed by atoms with Crippen LogP contribution in [0.4, 0.5) is 5.69 Å². The molecule has 0 spiro atoms. The minimum absolute atomic E-state index is 0.131. The van der Waals surface area contributed by atoms with Gasteiger partial charge in [0.2, 0.25) is 0 Å². The fourth-order valence-corrected chi connectivity index (χ4v) is 3.36. The van der Waals surface area contributed by atoms with Crippen LogP contribution in [0.25, 0.3) is 0 Å². The Morgan fingerprint density at radius 2 is 2.09 bits per heavy atom. The van der Waals surface area contributed by atoms with Gasteiger partial charge in [0.1, 0.15) is 11.5 Å². The molecule has 0 fully saturated rings. The normalized spacial score (nSPS) is 14.2. The Kier molecular flexibility index (Phi) is 3.74. The van der Waals surface area contributed by atoms with Crippen LogP contribution in [0.3, 0.4) is 0 Å². The number of hydrogen-bond donors (Lipinski definition) is 0. The van der Waals surface area contributed by atoms with Crippen molar-refractivity contribution in [3.63, 3.8) is 0 Å². The van der Waals surface area contributed by atoms with Gasteiger partial charge in [-0.05, 0) is 36.2 Å². The number of sulfone groups is 1. The third-order valence-electron chi connectivity index (χ3n) is 3.46. The van der Waals surface area contributed by atoms with E-state index in [2.05, 4.69) is 0 Å². The summed E-state index contributed by atoms with van der Waals surface area (Å²) in [5, 5.41) is 0.565. The molecular weight excluding hydrogens is 326 g/mol. The number of halogens is 1.